The summed E-state index contributed by atoms with van der Waals surface area (Å²) >= 11 is 3.41. The highest BCUT2D eigenvalue weighted by Crippen LogP contribution is 2.33. The molecule has 2 atom stereocenters. The maximum absolute atomic E-state index is 12.4. The van der Waals surface area contributed by atoms with E-state index in [1.807, 2.05) is 25.1 Å². The number of fused-ring (bicyclic) bond motifs is 1. The molecule has 0 radical (unpaired) electrons. The van der Waals surface area contributed by atoms with Crippen LogP contribution in [0.5, 0.6) is 11.5 Å². The molecule has 6 nitrogen and oxygen atoms in total. The number of rotatable bonds is 4. The number of para-hydroxylation sites is 2. The third-order valence-electron chi connectivity index (χ3n) is 3.97. The minimum atomic E-state index is -0.812. The van der Waals surface area contributed by atoms with Crippen LogP contribution in [0.4, 0.5) is 5.69 Å². The minimum absolute atomic E-state index is 0.151. The minimum Gasteiger partial charge on any atom is -0.482 e. The lowest BCUT2D eigenvalue weighted by Crippen LogP contribution is -2.50. The van der Waals surface area contributed by atoms with Crippen molar-refractivity contribution in [1.82, 2.24) is 5.32 Å². The van der Waals surface area contributed by atoms with Gasteiger partial charge in [0.05, 0.1) is 6.54 Å². The van der Waals surface area contributed by atoms with E-state index in [-0.39, 0.29) is 12.5 Å². The number of hydrogen-bond donors (Lipinski definition) is 2. The summed E-state index contributed by atoms with van der Waals surface area (Å²) in [5.74, 6) is 0.409. The van der Waals surface area contributed by atoms with Crippen molar-refractivity contribution in [1.29, 1.82) is 0 Å². The Hall–Kier alpha value is -2.54. The van der Waals surface area contributed by atoms with Crippen molar-refractivity contribution in [3.8, 4) is 11.5 Å². The highest BCUT2D eigenvalue weighted by atomic mass is 79.9. The summed E-state index contributed by atoms with van der Waals surface area (Å²) in [6.07, 6.45) is -1.27. The van der Waals surface area contributed by atoms with Gasteiger partial charge in [0, 0.05) is 10.2 Å². The number of aryl methyl sites for hydroxylation is 1. The summed E-state index contributed by atoms with van der Waals surface area (Å²) in [6.45, 7) is 3.54. The van der Waals surface area contributed by atoms with E-state index in [2.05, 4.69) is 26.6 Å². The van der Waals surface area contributed by atoms with Crippen molar-refractivity contribution in [3.63, 3.8) is 0 Å². The van der Waals surface area contributed by atoms with Crippen LogP contribution in [-0.2, 0) is 9.59 Å². The van der Waals surface area contributed by atoms with Crippen LogP contribution in [-0.4, -0.2) is 30.6 Å². The monoisotopic (exact) mass is 418 g/mol. The van der Waals surface area contributed by atoms with Crippen molar-refractivity contribution >= 4 is 33.4 Å². The Kier molecular flexibility index (Phi) is 5.46. The zero-order chi connectivity index (χ0) is 18.7. The van der Waals surface area contributed by atoms with Gasteiger partial charge < -0.3 is 20.1 Å². The summed E-state index contributed by atoms with van der Waals surface area (Å²) in [4.78, 5) is 24.4. The normalized spacial score (nSPS) is 18.1. The van der Waals surface area contributed by atoms with E-state index in [9.17, 15) is 9.59 Å². The zero-order valence-electron chi connectivity index (χ0n) is 14.4. The maximum atomic E-state index is 12.4. The van der Waals surface area contributed by atoms with Crippen LogP contribution in [0.3, 0.4) is 0 Å². The number of amides is 2. The Morgan fingerprint density at radius 1 is 1.12 bits per heavy atom. The van der Waals surface area contributed by atoms with E-state index in [4.69, 9.17) is 9.47 Å². The molecule has 3 rings (SSSR count). The summed E-state index contributed by atoms with van der Waals surface area (Å²) in [7, 11) is 0. The topological polar surface area (TPSA) is 76.7 Å². The Morgan fingerprint density at radius 3 is 2.50 bits per heavy atom. The van der Waals surface area contributed by atoms with E-state index in [0.717, 1.165) is 10.0 Å². The molecule has 0 aliphatic carbocycles. The molecule has 2 aromatic rings. The standard InChI is InChI=1S/C19H19BrN2O4/c1-11-9-13(7-8-14(11)20)22-17(23)10-21-19(24)18-12(2)25-15-5-3-4-6-16(15)26-18/h3-9,12,18H,10H2,1-2H3,(H,21,24)(H,22,23). The van der Waals surface area contributed by atoms with Crippen LogP contribution < -0.4 is 20.1 Å². The molecule has 0 bridgehead atoms. The van der Waals surface area contributed by atoms with Crippen LogP contribution in [0.15, 0.2) is 46.9 Å². The summed E-state index contributed by atoms with van der Waals surface area (Å²) in [6, 6.07) is 12.7. The number of carbonyl (C=O) groups is 2. The van der Waals surface area contributed by atoms with Crippen LogP contribution in [0, 0.1) is 6.92 Å². The van der Waals surface area contributed by atoms with E-state index in [1.54, 1.807) is 31.2 Å². The molecule has 26 heavy (non-hydrogen) atoms. The molecule has 2 aromatic carbocycles. The molecule has 7 heteroatoms. The van der Waals surface area contributed by atoms with E-state index < -0.39 is 18.1 Å². The number of benzene rings is 2. The van der Waals surface area contributed by atoms with Gasteiger partial charge in [-0.1, -0.05) is 28.1 Å². The van der Waals surface area contributed by atoms with Gasteiger partial charge in [-0.3, -0.25) is 9.59 Å². The SMILES string of the molecule is Cc1cc(NC(=O)CNC(=O)C2Oc3ccccc3OC2C)ccc1Br. The number of ether oxygens (including phenoxy) is 2. The molecule has 136 valence electrons. The number of hydrogen-bond acceptors (Lipinski definition) is 4. The third kappa shape index (κ3) is 4.16. The van der Waals surface area contributed by atoms with Gasteiger partial charge in [-0.05, 0) is 49.7 Å². The van der Waals surface area contributed by atoms with Gasteiger partial charge in [0.25, 0.3) is 5.91 Å². The molecule has 0 saturated heterocycles. The van der Waals surface area contributed by atoms with Crippen molar-refractivity contribution in [2.24, 2.45) is 0 Å². The van der Waals surface area contributed by atoms with E-state index in [1.165, 1.54) is 0 Å². The average molecular weight is 419 g/mol. The van der Waals surface area contributed by atoms with Crippen molar-refractivity contribution in [3.05, 3.63) is 52.5 Å². The molecular formula is C19H19BrN2O4. The smallest absolute Gasteiger partial charge is 0.265 e. The fourth-order valence-corrected chi connectivity index (χ4v) is 2.85. The largest absolute Gasteiger partial charge is 0.482 e. The van der Waals surface area contributed by atoms with Gasteiger partial charge >= 0.3 is 0 Å². The molecule has 0 spiro atoms. The molecule has 1 aliphatic heterocycles. The number of nitrogens with one attached hydrogen (secondary N) is 2. The first-order valence-corrected chi connectivity index (χ1v) is 8.99. The lowest BCUT2D eigenvalue weighted by molar-refractivity contribution is -0.134. The molecule has 2 N–H and O–H groups in total. The van der Waals surface area contributed by atoms with Crippen molar-refractivity contribution in [2.75, 3.05) is 11.9 Å². The third-order valence-corrected chi connectivity index (χ3v) is 4.86. The predicted octanol–water partition coefficient (Wildman–Crippen LogP) is 3.04. The fourth-order valence-electron chi connectivity index (χ4n) is 2.60. The van der Waals surface area contributed by atoms with Crippen LogP contribution in [0.25, 0.3) is 0 Å². The highest BCUT2D eigenvalue weighted by Gasteiger charge is 2.34. The van der Waals surface area contributed by atoms with Crippen LogP contribution in [0.1, 0.15) is 12.5 Å². The lowest BCUT2D eigenvalue weighted by atomic mass is 10.1. The summed E-state index contributed by atoms with van der Waals surface area (Å²) in [5, 5.41) is 5.34. The molecule has 1 aliphatic rings. The van der Waals surface area contributed by atoms with Gasteiger partial charge in [0.1, 0.15) is 6.10 Å². The van der Waals surface area contributed by atoms with Crippen LogP contribution in [0.2, 0.25) is 0 Å². The van der Waals surface area contributed by atoms with Crippen LogP contribution >= 0.6 is 15.9 Å². The van der Waals surface area contributed by atoms with Crippen molar-refractivity contribution in [2.45, 2.75) is 26.1 Å². The summed E-state index contributed by atoms with van der Waals surface area (Å²) in [5.41, 5.74) is 1.68. The number of carbonyl (C=O) groups excluding carboxylic acids is 2. The Labute approximate surface area is 160 Å². The second-order valence-electron chi connectivity index (χ2n) is 6.04. The molecule has 0 aromatic heterocycles. The van der Waals surface area contributed by atoms with Crippen molar-refractivity contribution < 1.29 is 19.1 Å². The van der Waals surface area contributed by atoms with Gasteiger partial charge in [-0.25, -0.2) is 0 Å². The first-order chi connectivity index (χ1) is 12.4. The Balaban J connectivity index is 1.55. The summed E-state index contributed by atoms with van der Waals surface area (Å²) < 4.78 is 12.4. The molecule has 1 heterocycles. The van der Waals surface area contributed by atoms with E-state index >= 15 is 0 Å². The number of halogens is 1. The predicted molar refractivity (Wildman–Crippen MR) is 101 cm³/mol. The fraction of sp³-hybridized carbons (Fsp3) is 0.263. The molecule has 0 fully saturated rings. The molecule has 0 saturated carbocycles. The highest BCUT2D eigenvalue weighted by molar-refractivity contribution is 9.10. The Bertz CT molecular complexity index is 840. The van der Waals surface area contributed by atoms with E-state index in [0.29, 0.717) is 17.2 Å². The quantitative estimate of drug-likeness (QED) is 0.799. The molecule has 2 amide bonds. The molecule has 2 unspecified atom stereocenters. The van der Waals surface area contributed by atoms with Gasteiger partial charge in [-0.15, -0.1) is 0 Å². The average Bonchev–Trinajstić information content (AvgIpc) is 2.62. The maximum Gasteiger partial charge on any atom is 0.265 e. The van der Waals surface area contributed by atoms with Gasteiger partial charge in [-0.2, -0.15) is 0 Å². The van der Waals surface area contributed by atoms with Gasteiger partial charge in [0.15, 0.2) is 11.5 Å². The first kappa shape index (κ1) is 18.3. The second-order valence-corrected chi connectivity index (χ2v) is 6.89. The lowest BCUT2D eigenvalue weighted by Gasteiger charge is -2.30. The number of anilines is 1. The first-order valence-electron chi connectivity index (χ1n) is 8.20. The van der Waals surface area contributed by atoms with Gasteiger partial charge in [0.2, 0.25) is 12.0 Å². The molecular weight excluding hydrogens is 400 g/mol. The Morgan fingerprint density at radius 2 is 1.81 bits per heavy atom. The zero-order valence-corrected chi connectivity index (χ0v) is 16.0. The second kappa shape index (κ2) is 7.78.